The molecule has 0 spiro atoms. The number of carbonyl (C=O) groups excluding carboxylic acids is 1. The summed E-state index contributed by atoms with van der Waals surface area (Å²) in [5, 5.41) is 14.5. The highest BCUT2D eigenvalue weighted by Gasteiger charge is 2.31. The predicted octanol–water partition coefficient (Wildman–Crippen LogP) is 3.59. The molecule has 0 saturated carbocycles. The van der Waals surface area contributed by atoms with Crippen LogP contribution in [0.25, 0.3) is 5.69 Å². The van der Waals surface area contributed by atoms with Crippen LogP contribution < -0.4 is 10.1 Å². The van der Waals surface area contributed by atoms with E-state index in [0.29, 0.717) is 16.8 Å². The number of thioether (sulfide) groups is 1. The van der Waals surface area contributed by atoms with Crippen molar-refractivity contribution in [1.82, 2.24) is 25.5 Å². The molecule has 1 atom stereocenters. The van der Waals surface area contributed by atoms with Crippen LogP contribution in [0.1, 0.15) is 33.6 Å². The Morgan fingerprint density at radius 2 is 1.89 bits per heavy atom. The maximum Gasteiger partial charge on any atom is 0.573 e. The number of tetrazole rings is 1. The van der Waals surface area contributed by atoms with Gasteiger partial charge < -0.3 is 10.1 Å². The molecule has 0 aliphatic carbocycles. The summed E-state index contributed by atoms with van der Waals surface area (Å²) in [5.74, 6) is 0.228. The summed E-state index contributed by atoms with van der Waals surface area (Å²) < 4.78 is 41.9. The van der Waals surface area contributed by atoms with Crippen molar-refractivity contribution in [3.63, 3.8) is 0 Å². The number of carbonyl (C=O) groups is 1. The summed E-state index contributed by atoms with van der Waals surface area (Å²) in [6, 6.07) is 5.21. The van der Waals surface area contributed by atoms with Crippen LogP contribution in [0.15, 0.2) is 29.4 Å². The second-order valence-electron chi connectivity index (χ2n) is 6.64. The fourth-order valence-corrected chi connectivity index (χ4v) is 3.02. The van der Waals surface area contributed by atoms with E-state index in [2.05, 4.69) is 39.4 Å². The molecule has 1 aromatic carbocycles. The number of amides is 1. The van der Waals surface area contributed by atoms with Gasteiger partial charge in [-0.15, -0.1) is 18.3 Å². The van der Waals surface area contributed by atoms with Gasteiger partial charge in [0.2, 0.25) is 11.1 Å². The lowest BCUT2D eigenvalue weighted by Gasteiger charge is -2.14. The van der Waals surface area contributed by atoms with Crippen LogP contribution in [-0.2, 0) is 4.79 Å². The number of alkyl halides is 3. The number of halogens is 3. The number of rotatable bonds is 9. The van der Waals surface area contributed by atoms with E-state index < -0.39 is 6.36 Å². The molecule has 0 unspecified atom stereocenters. The number of benzene rings is 1. The van der Waals surface area contributed by atoms with Crippen molar-refractivity contribution in [2.75, 3.05) is 5.75 Å². The third-order valence-corrected chi connectivity index (χ3v) is 4.59. The Kier molecular flexibility index (Phi) is 7.67. The predicted molar refractivity (Wildman–Crippen MR) is 98.2 cm³/mol. The van der Waals surface area contributed by atoms with Crippen LogP contribution in [-0.4, -0.2) is 44.3 Å². The molecule has 2 aromatic rings. The molecule has 0 saturated heterocycles. The summed E-state index contributed by atoms with van der Waals surface area (Å²) in [6.45, 7) is 6.22. The maximum atomic E-state index is 12.2. The maximum absolute atomic E-state index is 12.2. The van der Waals surface area contributed by atoms with Crippen molar-refractivity contribution in [3.05, 3.63) is 24.3 Å². The van der Waals surface area contributed by atoms with E-state index in [4.69, 9.17) is 0 Å². The molecule has 154 valence electrons. The zero-order valence-corrected chi connectivity index (χ0v) is 16.5. The van der Waals surface area contributed by atoms with Crippen molar-refractivity contribution in [2.45, 2.75) is 51.2 Å². The van der Waals surface area contributed by atoms with Crippen LogP contribution in [0.2, 0.25) is 0 Å². The number of ether oxygens (including phenoxy) is 1. The third kappa shape index (κ3) is 7.37. The van der Waals surface area contributed by atoms with Crippen LogP contribution in [0, 0.1) is 5.92 Å². The average Bonchev–Trinajstić information content (AvgIpc) is 3.06. The molecule has 1 amide bonds. The first-order valence-electron chi connectivity index (χ1n) is 8.71. The smallest absolute Gasteiger partial charge is 0.406 e. The number of aromatic nitrogens is 4. The molecule has 1 heterocycles. The molecular formula is C17H22F3N5O2S. The minimum atomic E-state index is -4.75. The third-order valence-electron chi connectivity index (χ3n) is 3.67. The van der Waals surface area contributed by atoms with E-state index in [0.717, 1.165) is 24.6 Å². The van der Waals surface area contributed by atoms with Gasteiger partial charge in [-0.25, -0.2) is 0 Å². The lowest BCUT2D eigenvalue weighted by atomic mass is 10.0. The van der Waals surface area contributed by atoms with Gasteiger partial charge in [-0.1, -0.05) is 25.6 Å². The number of nitrogens with zero attached hydrogens (tertiary/aromatic N) is 4. The summed E-state index contributed by atoms with van der Waals surface area (Å²) in [5.41, 5.74) is 0.452. The monoisotopic (exact) mass is 417 g/mol. The Bertz CT molecular complexity index is 765. The first kappa shape index (κ1) is 22.0. The molecule has 1 aromatic heterocycles. The first-order chi connectivity index (χ1) is 13.1. The van der Waals surface area contributed by atoms with Crippen LogP contribution in [0.3, 0.4) is 0 Å². The quantitative estimate of drug-likeness (QED) is 0.628. The van der Waals surface area contributed by atoms with Gasteiger partial charge in [0, 0.05) is 6.04 Å². The molecule has 11 heteroatoms. The van der Waals surface area contributed by atoms with Crippen molar-refractivity contribution in [1.29, 1.82) is 0 Å². The van der Waals surface area contributed by atoms with Crippen molar-refractivity contribution in [2.24, 2.45) is 5.92 Å². The van der Waals surface area contributed by atoms with Gasteiger partial charge in [0.1, 0.15) is 5.75 Å². The summed E-state index contributed by atoms with van der Waals surface area (Å²) >= 11 is 1.14. The number of hydrogen-bond donors (Lipinski definition) is 1. The SMILES string of the molecule is CC(C)CC[C@H](C)NC(=O)CSc1nnnn1-c1ccc(OC(F)(F)F)cc1. The molecule has 1 N–H and O–H groups in total. The Labute approximate surface area is 165 Å². The van der Waals surface area contributed by atoms with Gasteiger partial charge in [0.25, 0.3) is 0 Å². The highest BCUT2D eigenvalue weighted by molar-refractivity contribution is 7.99. The molecule has 0 radical (unpaired) electrons. The summed E-state index contributed by atoms with van der Waals surface area (Å²) in [4.78, 5) is 12.1. The minimum Gasteiger partial charge on any atom is -0.406 e. The van der Waals surface area contributed by atoms with Gasteiger partial charge in [0.15, 0.2) is 0 Å². The van der Waals surface area contributed by atoms with E-state index in [-0.39, 0.29) is 23.5 Å². The molecule has 0 bridgehead atoms. The number of nitrogens with one attached hydrogen (secondary N) is 1. The van der Waals surface area contributed by atoms with Gasteiger partial charge in [0.05, 0.1) is 11.4 Å². The van der Waals surface area contributed by atoms with Crippen LogP contribution in [0.5, 0.6) is 5.75 Å². The zero-order valence-electron chi connectivity index (χ0n) is 15.7. The van der Waals surface area contributed by atoms with Crippen LogP contribution in [0.4, 0.5) is 13.2 Å². The Hall–Kier alpha value is -2.30. The zero-order chi connectivity index (χ0) is 20.7. The first-order valence-corrected chi connectivity index (χ1v) is 9.69. The Balaban J connectivity index is 1.92. The van der Waals surface area contributed by atoms with Crippen molar-refractivity contribution < 1.29 is 22.7 Å². The van der Waals surface area contributed by atoms with E-state index in [1.54, 1.807) is 0 Å². The van der Waals surface area contributed by atoms with Gasteiger partial charge >= 0.3 is 6.36 Å². The molecule has 28 heavy (non-hydrogen) atoms. The van der Waals surface area contributed by atoms with Crippen LogP contribution >= 0.6 is 11.8 Å². The molecular weight excluding hydrogens is 395 g/mol. The molecule has 0 aliphatic rings. The largest absolute Gasteiger partial charge is 0.573 e. The average molecular weight is 417 g/mol. The van der Waals surface area contributed by atoms with Crippen molar-refractivity contribution in [3.8, 4) is 11.4 Å². The second kappa shape index (κ2) is 9.76. The lowest BCUT2D eigenvalue weighted by molar-refractivity contribution is -0.274. The van der Waals surface area contributed by atoms with E-state index in [9.17, 15) is 18.0 Å². The highest BCUT2D eigenvalue weighted by atomic mass is 32.2. The van der Waals surface area contributed by atoms with E-state index in [1.807, 2.05) is 6.92 Å². The van der Waals surface area contributed by atoms with E-state index in [1.165, 1.54) is 28.9 Å². The Morgan fingerprint density at radius 3 is 2.50 bits per heavy atom. The lowest BCUT2D eigenvalue weighted by Crippen LogP contribution is -2.34. The molecule has 0 fully saturated rings. The summed E-state index contributed by atoms with van der Waals surface area (Å²) in [7, 11) is 0. The topological polar surface area (TPSA) is 81.9 Å². The fourth-order valence-electron chi connectivity index (χ4n) is 2.32. The number of hydrogen-bond acceptors (Lipinski definition) is 6. The van der Waals surface area contributed by atoms with Gasteiger partial charge in [-0.2, -0.15) is 4.68 Å². The van der Waals surface area contributed by atoms with Crippen molar-refractivity contribution >= 4 is 17.7 Å². The summed E-state index contributed by atoms with van der Waals surface area (Å²) in [6.07, 6.45) is -2.82. The fraction of sp³-hybridized carbons (Fsp3) is 0.529. The molecule has 2 rings (SSSR count). The second-order valence-corrected chi connectivity index (χ2v) is 7.59. The normalized spacial score (nSPS) is 12.8. The Morgan fingerprint density at radius 1 is 1.21 bits per heavy atom. The standard InChI is InChI=1S/C17H22F3N5O2S/c1-11(2)4-5-12(3)21-15(26)10-28-16-22-23-24-25(16)13-6-8-14(9-7-13)27-17(18,19)20/h6-9,11-12H,4-5,10H2,1-3H3,(H,21,26)/t12-/m0/s1. The molecule has 0 aliphatic heterocycles. The highest BCUT2D eigenvalue weighted by Crippen LogP contribution is 2.25. The van der Waals surface area contributed by atoms with Gasteiger partial charge in [-0.3, -0.25) is 4.79 Å². The van der Waals surface area contributed by atoms with Gasteiger partial charge in [-0.05, 0) is 60.4 Å². The molecule has 7 nitrogen and oxygen atoms in total. The minimum absolute atomic E-state index is 0.0765. The van der Waals surface area contributed by atoms with E-state index >= 15 is 0 Å².